The highest BCUT2D eigenvalue weighted by Crippen LogP contribution is 2.22. The van der Waals surface area contributed by atoms with Gasteiger partial charge in [0.1, 0.15) is 0 Å². The molecule has 0 aliphatic heterocycles. The van der Waals surface area contributed by atoms with Crippen molar-refractivity contribution in [2.24, 2.45) is 0 Å². The Morgan fingerprint density at radius 3 is 2.57 bits per heavy atom. The van der Waals surface area contributed by atoms with Crippen molar-refractivity contribution in [1.29, 1.82) is 0 Å². The summed E-state index contributed by atoms with van der Waals surface area (Å²) in [5, 5.41) is 2.60. The Labute approximate surface area is 125 Å². The first-order chi connectivity index (χ1) is 10.3. The lowest BCUT2D eigenvalue weighted by molar-refractivity contribution is 0.171. The van der Waals surface area contributed by atoms with E-state index in [1.165, 1.54) is 7.11 Å². The van der Waals surface area contributed by atoms with E-state index in [1.54, 1.807) is 0 Å². The van der Waals surface area contributed by atoms with Gasteiger partial charge in [0, 0.05) is 18.5 Å². The summed E-state index contributed by atoms with van der Waals surface area (Å²) in [5.41, 5.74) is 3.25. The molecule has 3 nitrogen and oxygen atoms in total. The molecule has 0 saturated heterocycles. The topological polar surface area (TPSA) is 38.3 Å². The molecule has 2 rings (SSSR count). The average Bonchev–Trinajstić information content (AvgIpc) is 2.55. The molecule has 0 aromatic heterocycles. The third-order valence-corrected chi connectivity index (χ3v) is 2.94. The van der Waals surface area contributed by atoms with Crippen molar-refractivity contribution in [3.05, 3.63) is 60.2 Å². The summed E-state index contributed by atoms with van der Waals surface area (Å²) in [7, 11) is 1.34. The summed E-state index contributed by atoms with van der Waals surface area (Å²) >= 11 is 0. The second-order valence-electron chi connectivity index (χ2n) is 4.38. The minimum Gasteiger partial charge on any atom is -0.453 e. The van der Waals surface area contributed by atoms with Crippen LogP contribution in [0.1, 0.15) is 12.0 Å². The number of methoxy groups -OCH3 is 1. The molecule has 0 bridgehead atoms. The number of carbonyl (C=O) groups is 1. The van der Waals surface area contributed by atoms with Gasteiger partial charge in [-0.2, -0.15) is 0 Å². The van der Waals surface area contributed by atoms with Gasteiger partial charge in [0.05, 0.1) is 7.11 Å². The maximum Gasteiger partial charge on any atom is 0.406 e. The summed E-state index contributed by atoms with van der Waals surface area (Å²) in [5.74, 6) is 6.23. The summed E-state index contributed by atoms with van der Waals surface area (Å²) in [6, 6.07) is 18.2. The van der Waals surface area contributed by atoms with E-state index in [9.17, 15) is 4.79 Å². The van der Waals surface area contributed by atoms with Crippen LogP contribution in [-0.2, 0) is 4.74 Å². The van der Waals surface area contributed by atoms with Gasteiger partial charge in [-0.15, -0.1) is 0 Å². The average molecular weight is 279 g/mol. The van der Waals surface area contributed by atoms with Crippen LogP contribution in [0.15, 0.2) is 54.6 Å². The van der Waals surface area contributed by atoms with Crippen LogP contribution in [0.4, 0.5) is 4.79 Å². The standard InChI is InChI=1S/C18H17NO2/c1-21-18(20)19-14-8-7-12-16-11-5-6-13-17(16)15-9-3-2-4-10-15/h2-6,9-11,13H,8,14H2,1H3,(H,19,20). The molecule has 21 heavy (non-hydrogen) atoms. The number of hydrogen-bond acceptors (Lipinski definition) is 2. The molecular formula is C18H17NO2. The molecule has 2 aromatic rings. The molecule has 0 heterocycles. The van der Waals surface area contributed by atoms with Crippen molar-refractivity contribution in [1.82, 2.24) is 5.32 Å². The Kier molecular flexibility index (Phi) is 5.42. The van der Waals surface area contributed by atoms with E-state index < -0.39 is 6.09 Å². The van der Waals surface area contributed by atoms with Crippen LogP contribution in [0.2, 0.25) is 0 Å². The molecule has 0 spiro atoms. The van der Waals surface area contributed by atoms with Gasteiger partial charge in [-0.3, -0.25) is 0 Å². The maximum absolute atomic E-state index is 10.9. The first-order valence-electron chi connectivity index (χ1n) is 6.76. The van der Waals surface area contributed by atoms with Crippen LogP contribution in [0, 0.1) is 11.8 Å². The van der Waals surface area contributed by atoms with E-state index in [-0.39, 0.29) is 0 Å². The van der Waals surface area contributed by atoms with E-state index in [4.69, 9.17) is 0 Å². The predicted octanol–water partition coefficient (Wildman–Crippen LogP) is 3.45. The Morgan fingerprint density at radius 1 is 1.10 bits per heavy atom. The normalized spacial score (nSPS) is 9.38. The summed E-state index contributed by atoms with van der Waals surface area (Å²) in [4.78, 5) is 10.9. The smallest absolute Gasteiger partial charge is 0.406 e. The monoisotopic (exact) mass is 279 g/mol. The number of amides is 1. The van der Waals surface area contributed by atoms with Crippen molar-refractivity contribution >= 4 is 6.09 Å². The van der Waals surface area contributed by atoms with Gasteiger partial charge in [-0.05, 0) is 17.2 Å². The lowest BCUT2D eigenvalue weighted by atomic mass is 10.00. The second kappa shape index (κ2) is 7.76. The first-order valence-corrected chi connectivity index (χ1v) is 6.76. The van der Waals surface area contributed by atoms with Crippen molar-refractivity contribution in [2.75, 3.05) is 13.7 Å². The highest BCUT2D eigenvalue weighted by atomic mass is 16.5. The molecule has 0 saturated carbocycles. The van der Waals surface area contributed by atoms with Gasteiger partial charge in [0.2, 0.25) is 0 Å². The van der Waals surface area contributed by atoms with Crippen molar-refractivity contribution in [3.63, 3.8) is 0 Å². The Balaban J connectivity index is 2.06. The minimum atomic E-state index is -0.429. The zero-order valence-electron chi connectivity index (χ0n) is 11.9. The van der Waals surface area contributed by atoms with E-state index in [2.05, 4.69) is 40.1 Å². The highest BCUT2D eigenvalue weighted by Gasteiger charge is 2.01. The molecule has 0 radical (unpaired) electrons. The molecule has 0 unspecified atom stereocenters. The van der Waals surface area contributed by atoms with Gasteiger partial charge in [-0.25, -0.2) is 4.79 Å². The Bertz CT molecular complexity index is 654. The zero-order valence-corrected chi connectivity index (χ0v) is 11.9. The van der Waals surface area contributed by atoms with Crippen molar-refractivity contribution in [2.45, 2.75) is 6.42 Å². The van der Waals surface area contributed by atoms with Crippen LogP contribution in [0.3, 0.4) is 0 Å². The summed E-state index contributed by atoms with van der Waals surface area (Å²) in [6.07, 6.45) is 0.152. The summed E-state index contributed by atoms with van der Waals surface area (Å²) in [6.45, 7) is 0.479. The van der Waals surface area contributed by atoms with Gasteiger partial charge >= 0.3 is 6.09 Å². The van der Waals surface area contributed by atoms with Crippen molar-refractivity contribution in [3.8, 4) is 23.0 Å². The first kappa shape index (κ1) is 14.7. The van der Waals surface area contributed by atoms with Crippen LogP contribution in [0.5, 0.6) is 0 Å². The molecular weight excluding hydrogens is 262 g/mol. The highest BCUT2D eigenvalue weighted by molar-refractivity contribution is 5.71. The molecule has 2 aromatic carbocycles. The largest absolute Gasteiger partial charge is 0.453 e. The maximum atomic E-state index is 10.9. The molecule has 106 valence electrons. The number of carbonyl (C=O) groups excluding carboxylic acids is 1. The Morgan fingerprint density at radius 2 is 1.81 bits per heavy atom. The van der Waals surface area contributed by atoms with Crippen LogP contribution in [-0.4, -0.2) is 19.7 Å². The number of hydrogen-bond donors (Lipinski definition) is 1. The molecule has 0 fully saturated rings. The third-order valence-electron chi connectivity index (χ3n) is 2.94. The van der Waals surface area contributed by atoms with E-state index in [0.29, 0.717) is 13.0 Å². The lowest BCUT2D eigenvalue weighted by Crippen LogP contribution is -2.23. The van der Waals surface area contributed by atoms with Crippen LogP contribution in [0.25, 0.3) is 11.1 Å². The van der Waals surface area contributed by atoms with Gasteiger partial charge in [0.25, 0.3) is 0 Å². The van der Waals surface area contributed by atoms with E-state index in [1.807, 2.05) is 36.4 Å². The van der Waals surface area contributed by atoms with Gasteiger partial charge < -0.3 is 10.1 Å². The molecule has 3 heteroatoms. The third kappa shape index (κ3) is 4.39. The molecule has 0 aliphatic rings. The minimum absolute atomic E-state index is 0.429. The number of nitrogens with one attached hydrogen (secondary N) is 1. The fourth-order valence-corrected chi connectivity index (χ4v) is 1.92. The number of rotatable bonds is 3. The van der Waals surface area contributed by atoms with E-state index in [0.717, 1.165) is 16.7 Å². The van der Waals surface area contributed by atoms with E-state index >= 15 is 0 Å². The van der Waals surface area contributed by atoms with Crippen molar-refractivity contribution < 1.29 is 9.53 Å². The quantitative estimate of drug-likeness (QED) is 0.690. The van der Waals surface area contributed by atoms with Crippen LogP contribution < -0.4 is 5.32 Å². The van der Waals surface area contributed by atoms with Gasteiger partial charge in [0.15, 0.2) is 0 Å². The number of ether oxygens (including phenoxy) is 1. The Hall–Kier alpha value is -2.73. The fraction of sp³-hybridized carbons (Fsp3) is 0.167. The SMILES string of the molecule is COC(=O)NCCC#Cc1ccccc1-c1ccccc1. The van der Waals surface area contributed by atoms with Gasteiger partial charge in [-0.1, -0.05) is 60.4 Å². The number of alkyl carbamates (subject to hydrolysis) is 1. The second-order valence-corrected chi connectivity index (χ2v) is 4.38. The van der Waals surface area contributed by atoms with Crippen LogP contribution >= 0.6 is 0 Å². The zero-order chi connectivity index (χ0) is 14.9. The number of benzene rings is 2. The fourth-order valence-electron chi connectivity index (χ4n) is 1.92. The predicted molar refractivity (Wildman–Crippen MR) is 83.8 cm³/mol. The summed E-state index contributed by atoms with van der Waals surface area (Å²) < 4.78 is 4.49. The molecule has 0 atom stereocenters. The molecule has 0 aliphatic carbocycles. The molecule has 1 N–H and O–H groups in total. The molecule has 1 amide bonds. The lowest BCUT2D eigenvalue weighted by Gasteiger charge is -2.04.